The van der Waals surface area contributed by atoms with Gasteiger partial charge >= 0.3 is 0 Å². The fraction of sp³-hybridized carbons (Fsp3) is 0.0417. The molecule has 0 radical (unpaired) electrons. The summed E-state index contributed by atoms with van der Waals surface area (Å²) in [4.78, 5) is 22.6. The lowest BCUT2D eigenvalue weighted by Gasteiger charge is -2.13. The first kappa shape index (κ1) is 19.7. The van der Waals surface area contributed by atoms with Crippen molar-refractivity contribution in [1.29, 1.82) is 0 Å². The minimum Gasteiger partial charge on any atom is -0.268 e. The zero-order valence-corrected chi connectivity index (χ0v) is 17.9. The van der Waals surface area contributed by atoms with Crippen LogP contribution in [-0.4, -0.2) is 14.5 Å². The van der Waals surface area contributed by atoms with Gasteiger partial charge in [0, 0.05) is 16.7 Å². The number of nitrogens with zero attached hydrogens (tertiary/aromatic N) is 3. The maximum absolute atomic E-state index is 14.6. The van der Waals surface area contributed by atoms with Gasteiger partial charge in [0.2, 0.25) is 0 Å². The molecule has 0 aliphatic rings. The summed E-state index contributed by atoms with van der Waals surface area (Å²) in [5.74, 6) is 0.0475. The maximum atomic E-state index is 14.6. The molecule has 0 atom stereocenters. The molecule has 2 heterocycles. The van der Waals surface area contributed by atoms with Crippen LogP contribution in [0.25, 0.3) is 27.2 Å². The number of para-hydroxylation sites is 2. The minimum absolute atomic E-state index is 0.191. The molecule has 0 spiro atoms. The van der Waals surface area contributed by atoms with Crippen LogP contribution in [0, 0.1) is 5.82 Å². The third-order valence-electron chi connectivity index (χ3n) is 4.76. The van der Waals surface area contributed by atoms with Gasteiger partial charge in [0.25, 0.3) is 5.56 Å². The molecule has 31 heavy (non-hydrogen) atoms. The number of hydrogen-bond acceptors (Lipinski definition) is 5. The van der Waals surface area contributed by atoms with E-state index in [9.17, 15) is 9.18 Å². The first-order valence-electron chi connectivity index (χ1n) is 9.60. The Hall–Kier alpha value is -3.29. The number of hydrogen-bond donors (Lipinski definition) is 0. The van der Waals surface area contributed by atoms with E-state index in [2.05, 4.69) is 4.98 Å². The van der Waals surface area contributed by atoms with Crippen LogP contribution in [0.1, 0.15) is 5.69 Å². The van der Waals surface area contributed by atoms with E-state index >= 15 is 0 Å². The topological polar surface area (TPSA) is 47.8 Å². The summed E-state index contributed by atoms with van der Waals surface area (Å²) in [6, 6.07) is 23.4. The zero-order valence-electron chi connectivity index (χ0n) is 16.2. The molecular weight excluding hydrogens is 429 g/mol. The van der Waals surface area contributed by atoms with Crippen molar-refractivity contribution in [2.45, 2.75) is 10.9 Å². The SMILES string of the molecule is O=c1c2ccccc2nc(SCc2csc(-c3ccccc3)n2)n1-c1ccccc1F. The molecule has 7 heteroatoms. The smallest absolute Gasteiger partial charge is 0.266 e. The minimum atomic E-state index is -0.469. The summed E-state index contributed by atoms with van der Waals surface area (Å²) >= 11 is 2.94. The summed E-state index contributed by atoms with van der Waals surface area (Å²) in [5, 5.41) is 3.83. The van der Waals surface area contributed by atoms with Gasteiger partial charge in [-0.05, 0) is 24.3 Å². The highest BCUT2D eigenvalue weighted by Gasteiger charge is 2.16. The Bertz CT molecular complexity index is 1430. The predicted molar refractivity (Wildman–Crippen MR) is 124 cm³/mol. The highest BCUT2D eigenvalue weighted by Crippen LogP contribution is 2.29. The monoisotopic (exact) mass is 445 g/mol. The fourth-order valence-electron chi connectivity index (χ4n) is 3.28. The molecule has 0 saturated carbocycles. The molecule has 3 aromatic carbocycles. The highest BCUT2D eigenvalue weighted by molar-refractivity contribution is 7.98. The van der Waals surface area contributed by atoms with E-state index in [-0.39, 0.29) is 11.2 Å². The first-order chi connectivity index (χ1) is 15.2. The van der Waals surface area contributed by atoms with Gasteiger partial charge in [0.15, 0.2) is 5.16 Å². The first-order valence-corrected chi connectivity index (χ1v) is 11.5. The van der Waals surface area contributed by atoms with Crippen molar-refractivity contribution in [3.8, 4) is 16.3 Å². The average Bonchev–Trinajstić information content (AvgIpc) is 3.28. The number of halogens is 1. The fourth-order valence-corrected chi connectivity index (χ4v) is 5.11. The van der Waals surface area contributed by atoms with Crippen molar-refractivity contribution in [2.75, 3.05) is 0 Å². The zero-order chi connectivity index (χ0) is 21.2. The van der Waals surface area contributed by atoms with E-state index in [4.69, 9.17) is 4.98 Å². The average molecular weight is 446 g/mol. The van der Waals surface area contributed by atoms with Crippen LogP contribution in [-0.2, 0) is 5.75 Å². The van der Waals surface area contributed by atoms with Gasteiger partial charge in [0.05, 0.1) is 22.3 Å². The number of thioether (sulfide) groups is 1. The van der Waals surface area contributed by atoms with Crippen molar-refractivity contribution in [3.63, 3.8) is 0 Å². The van der Waals surface area contributed by atoms with Crippen LogP contribution in [0.3, 0.4) is 0 Å². The predicted octanol–water partition coefficient (Wildman–Crippen LogP) is 5.94. The second kappa shape index (κ2) is 8.45. The molecule has 0 amide bonds. The molecule has 4 nitrogen and oxygen atoms in total. The number of aromatic nitrogens is 3. The van der Waals surface area contributed by atoms with Crippen molar-refractivity contribution >= 4 is 34.0 Å². The van der Waals surface area contributed by atoms with Crippen LogP contribution < -0.4 is 5.56 Å². The number of thiazole rings is 1. The molecule has 2 aromatic heterocycles. The Morgan fingerprint density at radius 1 is 0.903 bits per heavy atom. The van der Waals surface area contributed by atoms with Gasteiger partial charge in [0.1, 0.15) is 10.8 Å². The standard InChI is InChI=1S/C24H16FN3OS2/c25-19-11-5-7-13-21(19)28-23(29)18-10-4-6-12-20(18)27-24(28)31-15-17-14-30-22(26-17)16-8-2-1-3-9-16/h1-14H,15H2. The van der Waals surface area contributed by atoms with E-state index in [1.165, 1.54) is 22.4 Å². The van der Waals surface area contributed by atoms with Gasteiger partial charge < -0.3 is 0 Å². The highest BCUT2D eigenvalue weighted by atomic mass is 32.2. The summed E-state index contributed by atoms with van der Waals surface area (Å²) in [6.07, 6.45) is 0. The number of fused-ring (bicyclic) bond motifs is 1. The normalized spacial score (nSPS) is 11.1. The van der Waals surface area contributed by atoms with Crippen molar-refractivity contribution in [3.05, 3.63) is 106 Å². The van der Waals surface area contributed by atoms with Crippen LogP contribution >= 0.6 is 23.1 Å². The molecule has 0 saturated heterocycles. The van der Waals surface area contributed by atoms with E-state index in [0.717, 1.165) is 16.3 Å². The van der Waals surface area contributed by atoms with Gasteiger partial charge in [-0.2, -0.15) is 0 Å². The van der Waals surface area contributed by atoms with Crippen LogP contribution in [0.5, 0.6) is 0 Å². The van der Waals surface area contributed by atoms with Crippen LogP contribution in [0.15, 0.2) is 94.2 Å². The maximum Gasteiger partial charge on any atom is 0.266 e. The summed E-state index contributed by atoms with van der Waals surface area (Å²) < 4.78 is 15.9. The lowest BCUT2D eigenvalue weighted by atomic mass is 10.2. The third-order valence-corrected chi connectivity index (χ3v) is 6.67. The molecule has 5 aromatic rings. The Morgan fingerprint density at radius 2 is 1.65 bits per heavy atom. The van der Waals surface area contributed by atoms with Gasteiger partial charge in [-0.15, -0.1) is 11.3 Å². The van der Waals surface area contributed by atoms with Gasteiger partial charge in [-0.25, -0.2) is 14.4 Å². The van der Waals surface area contributed by atoms with Gasteiger partial charge in [-0.1, -0.05) is 66.4 Å². The van der Waals surface area contributed by atoms with Gasteiger partial charge in [-0.3, -0.25) is 9.36 Å². The molecule has 0 aliphatic heterocycles. The van der Waals surface area contributed by atoms with Crippen molar-refractivity contribution < 1.29 is 4.39 Å². The number of benzene rings is 3. The third kappa shape index (κ3) is 3.89. The van der Waals surface area contributed by atoms with Crippen molar-refractivity contribution in [1.82, 2.24) is 14.5 Å². The van der Waals surface area contributed by atoms with Crippen LogP contribution in [0.2, 0.25) is 0 Å². The lowest BCUT2D eigenvalue weighted by molar-refractivity contribution is 0.608. The van der Waals surface area contributed by atoms with Crippen LogP contribution in [0.4, 0.5) is 4.39 Å². The van der Waals surface area contributed by atoms with E-state index in [1.807, 2.05) is 41.8 Å². The second-order valence-corrected chi connectivity index (χ2v) is 8.60. The summed E-state index contributed by atoms with van der Waals surface area (Å²) in [6.45, 7) is 0. The largest absolute Gasteiger partial charge is 0.268 e. The molecule has 0 fully saturated rings. The molecule has 0 N–H and O–H groups in total. The number of rotatable bonds is 5. The second-order valence-electron chi connectivity index (χ2n) is 6.80. The molecule has 0 unspecified atom stereocenters. The molecular formula is C24H16FN3OS2. The Morgan fingerprint density at radius 3 is 2.48 bits per heavy atom. The van der Waals surface area contributed by atoms with E-state index in [0.29, 0.717) is 21.8 Å². The summed E-state index contributed by atoms with van der Waals surface area (Å²) in [7, 11) is 0. The van der Waals surface area contributed by atoms with E-state index in [1.54, 1.807) is 47.7 Å². The van der Waals surface area contributed by atoms with Crippen molar-refractivity contribution in [2.24, 2.45) is 0 Å². The molecule has 0 aliphatic carbocycles. The van der Waals surface area contributed by atoms with E-state index < -0.39 is 5.82 Å². The Labute approximate surface area is 186 Å². The summed E-state index contributed by atoms with van der Waals surface area (Å²) in [5.41, 5.74) is 2.44. The molecule has 152 valence electrons. The Kier molecular flexibility index (Phi) is 5.36. The quantitative estimate of drug-likeness (QED) is 0.248. The lowest BCUT2D eigenvalue weighted by Crippen LogP contribution is -2.22. The molecule has 0 bridgehead atoms. The Balaban J connectivity index is 1.54. The molecule has 5 rings (SSSR count).